The van der Waals surface area contributed by atoms with Crippen molar-refractivity contribution in [2.24, 2.45) is 0 Å². The second-order valence-corrected chi connectivity index (χ2v) is 3.25. The Kier molecular flexibility index (Phi) is 2.09. The largest absolute Gasteiger partial charge is 0.284 e. The van der Waals surface area contributed by atoms with Gasteiger partial charge in [0.25, 0.3) is 5.91 Å². The van der Waals surface area contributed by atoms with Crippen molar-refractivity contribution in [3.63, 3.8) is 0 Å². The average Bonchev–Trinajstić information content (AvgIpc) is 2.48. The highest BCUT2D eigenvalue weighted by Crippen LogP contribution is 2.27. The molecule has 1 N–H and O–H groups in total. The number of halogens is 1. The Morgan fingerprint density at radius 2 is 1.93 bits per heavy atom. The summed E-state index contributed by atoms with van der Waals surface area (Å²) in [5.74, 6) is -0.0915. The van der Waals surface area contributed by atoms with Crippen LogP contribution in [-0.2, 0) is 4.79 Å². The first-order valence-electron chi connectivity index (χ1n) is 4.05. The summed E-state index contributed by atoms with van der Waals surface area (Å²) in [6.45, 7) is 0. The van der Waals surface area contributed by atoms with Gasteiger partial charge in [-0.05, 0) is 18.2 Å². The molecule has 0 bridgehead atoms. The van der Waals surface area contributed by atoms with Gasteiger partial charge in [0.2, 0.25) is 0 Å². The van der Waals surface area contributed by atoms with Crippen molar-refractivity contribution in [1.82, 2.24) is 0 Å². The highest BCUT2D eigenvalue weighted by Gasteiger charge is 2.23. The lowest BCUT2D eigenvalue weighted by atomic mass is 10.3. The molecule has 0 fully saturated rings. The number of amides is 1. The topological polar surface area (TPSA) is 44.2 Å². The van der Waals surface area contributed by atoms with Crippen molar-refractivity contribution in [2.75, 3.05) is 4.90 Å². The second kappa shape index (κ2) is 3.27. The summed E-state index contributed by atoms with van der Waals surface area (Å²) in [5, 5.41) is 8.00. The Labute approximate surface area is 86.1 Å². The summed E-state index contributed by atoms with van der Waals surface area (Å²) in [6.07, 6.45) is 2.80. The SMILES string of the molecule is N=C1C=CC(=O)N1c1ccccc1Cl. The highest BCUT2D eigenvalue weighted by atomic mass is 35.5. The molecule has 3 nitrogen and oxygen atoms in total. The van der Waals surface area contributed by atoms with Crippen LogP contribution in [0.3, 0.4) is 0 Å². The number of hydrogen-bond acceptors (Lipinski definition) is 2. The number of hydrogen-bond donors (Lipinski definition) is 1. The molecule has 1 aliphatic heterocycles. The third-order valence-electron chi connectivity index (χ3n) is 1.94. The van der Waals surface area contributed by atoms with Gasteiger partial charge in [0.15, 0.2) is 0 Å². The number of anilines is 1. The van der Waals surface area contributed by atoms with E-state index in [9.17, 15) is 4.79 Å². The number of carbonyl (C=O) groups is 1. The summed E-state index contributed by atoms with van der Waals surface area (Å²) in [4.78, 5) is 12.6. The van der Waals surface area contributed by atoms with Gasteiger partial charge in [-0.25, -0.2) is 0 Å². The molecule has 0 aliphatic carbocycles. The van der Waals surface area contributed by atoms with Crippen molar-refractivity contribution in [1.29, 1.82) is 5.41 Å². The molecule has 1 heterocycles. The van der Waals surface area contributed by atoms with E-state index >= 15 is 0 Å². The van der Waals surface area contributed by atoms with E-state index in [2.05, 4.69) is 0 Å². The van der Waals surface area contributed by atoms with Gasteiger partial charge in [-0.1, -0.05) is 23.7 Å². The standard InChI is InChI=1S/C10H7ClN2O/c11-7-3-1-2-4-8(7)13-9(12)5-6-10(13)14/h1-6,12H. The molecule has 0 unspecified atom stereocenters. The van der Waals surface area contributed by atoms with Gasteiger partial charge in [0.1, 0.15) is 5.84 Å². The second-order valence-electron chi connectivity index (χ2n) is 2.84. The third kappa shape index (κ3) is 1.32. The lowest BCUT2D eigenvalue weighted by Gasteiger charge is -2.16. The first-order valence-corrected chi connectivity index (χ1v) is 4.43. The first kappa shape index (κ1) is 8.97. The van der Waals surface area contributed by atoms with Crippen LogP contribution in [0.15, 0.2) is 36.4 Å². The number of rotatable bonds is 1. The van der Waals surface area contributed by atoms with Crippen LogP contribution in [0.1, 0.15) is 0 Å². The van der Waals surface area contributed by atoms with Crippen molar-refractivity contribution in [3.8, 4) is 0 Å². The molecule has 1 aromatic carbocycles. The molecule has 0 atom stereocenters. The van der Waals surface area contributed by atoms with Crippen LogP contribution in [0, 0.1) is 5.41 Å². The van der Waals surface area contributed by atoms with Gasteiger partial charge in [0, 0.05) is 6.08 Å². The fourth-order valence-corrected chi connectivity index (χ4v) is 1.52. The van der Waals surface area contributed by atoms with Crippen LogP contribution in [0.4, 0.5) is 5.69 Å². The number of benzene rings is 1. The van der Waals surface area contributed by atoms with Crippen molar-refractivity contribution >= 4 is 29.0 Å². The van der Waals surface area contributed by atoms with E-state index in [4.69, 9.17) is 17.0 Å². The summed E-state index contributed by atoms with van der Waals surface area (Å²) >= 11 is 5.92. The molecule has 0 saturated carbocycles. The molecule has 4 heteroatoms. The molecule has 0 aromatic heterocycles. The monoisotopic (exact) mass is 206 g/mol. The third-order valence-corrected chi connectivity index (χ3v) is 2.26. The fourth-order valence-electron chi connectivity index (χ4n) is 1.30. The van der Waals surface area contributed by atoms with E-state index in [-0.39, 0.29) is 11.7 Å². The molecule has 0 radical (unpaired) electrons. The summed E-state index contributed by atoms with van der Waals surface area (Å²) in [7, 11) is 0. The predicted molar refractivity (Wildman–Crippen MR) is 55.8 cm³/mol. The van der Waals surface area contributed by atoms with E-state index < -0.39 is 0 Å². The molecule has 0 spiro atoms. The number of para-hydroxylation sites is 1. The summed E-state index contributed by atoms with van der Waals surface area (Å²) in [5.41, 5.74) is 0.550. The zero-order valence-electron chi connectivity index (χ0n) is 7.20. The van der Waals surface area contributed by atoms with E-state index in [1.165, 1.54) is 17.1 Å². The van der Waals surface area contributed by atoms with Gasteiger partial charge < -0.3 is 0 Å². The maximum absolute atomic E-state index is 11.4. The minimum absolute atomic E-state index is 0.142. The normalized spacial score (nSPS) is 15.4. The fraction of sp³-hybridized carbons (Fsp3) is 0. The Hall–Kier alpha value is -1.61. The van der Waals surface area contributed by atoms with Crippen LogP contribution < -0.4 is 4.90 Å². The quantitative estimate of drug-likeness (QED) is 0.753. The van der Waals surface area contributed by atoms with Gasteiger partial charge in [-0.15, -0.1) is 0 Å². The van der Waals surface area contributed by atoms with E-state index in [0.29, 0.717) is 10.7 Å². The summed E-state index contributed by atoms with van der Waals surface area (Å²) in [6, 6.07) is 6.96. The van der Waals surface area contributed by atoms with Gasteiger partial charge in [0.05, 0.1) is 10.7 Å². The molecule has 1 aliphatic rings. The zero-order valence-corrected chi connectivity index (χ0v) is 7.95. The predicted octanol–water partition coefficient (Wildman–Crippen LogP) is 2.22. The molecule has 70 valence electrons. The number of carbonyl (C=O) groups excluding carboxylic acids is 1. The van der Waals surface area contributed by atoms with Gasteiger partial charge in [-0.3, -0.25) is 15.1 Å². The van der Waals surface area contributed by atoms with Crippen LogP contribution in [-0.4, -0.2) is 11.7 Å². The number of nitrogens with zero attached hydrogens (tertiary/aromatic N) is 1. The lowest BCUT2D eigenvalue weighted by Crippen LogP contribution is -2.29. The van der Waals surface area contributed by atoms with Crippen LogP contribution >= 0.6 is 11.6 Å². The van der Waals surface area contributed by atoms with E-state index in [0.717, 1.165) is 0 Å². The van der Waals surface area contributed by atoms with Crippen molar-refractivity contribution < 1.29 is 4.79 Å². The molecular weight excluding hydrogens is 200 g/mol. The van der Waals surface area contributed by atoms with Crippen LogP contribution in [0.2, 0.25) is 5.02 Å². The van der Waals surface area contributed by atoms with Crippen LogP contribution in [0.5, 0.6) is 0 Å². The lowest BCUT2D eigenvalue weighted by molar-refractivity contribution is -0.113. The van der Waals surface area contributed by atoms with Crippen molar-refractivity contribution in [2.45, 2.75) is 0 Å². The van der Waals surface area contributed by atoms with E-state index in [1.807, 2.05) is 0 Å². The minimum atomic E-state index is -0.233. The molecule has 14 heavy (non-hydrogen) atoms. The molecule has 0 saturated heterocycles. The maximum Gasteiger partial charge on any atom is 0.256 e. The Bertz CT molecular complexity index is 422. The van der Waals surface area contributed by atoms with E-state index in [1.54, 1.807) is 24.3 Å². The van der Waals surface area contributed by atoms with Gasteiger partial charge >= 0.3 is 0 Å². The minimum Gasteiger partial charge on any atom is -0.284 e. The Morgan fingerprint density at radius 1 is 1.21 bits per heavy atom. The first-order chi connectivity index (χ1) is 6.70. The molecule has 2 rings (SSSR count). The molecule has 1 amide bonds. The highest BCUT2D eigenvalue weighted by molar-refractivity contribution is 6.37. The van der Waals surface area contributed by atoms with Gasteiger partial charge in [-0.2, -0.15) is 0 Å². The average molecular weight is 207 g/mol. The molecule has 1 aromatic rings. The van der Waals surface area contributed by atoms with Crippen molar-refractivity contribution in [3.05, 3.63) is 41.4 Å². The smallest absolute Gasteiger partial charge is 0.256 e. The number of nitrogens with one attached hydrogen (secondary N) is 1. The number of amidine groups is 1. The zero-order chi connectivity index (χ0) is 10.1. The van der Waals surface area contributed by atoms with Crippen LogP contribution in [0.25, 0.3) is 0 Å². The molecular formula is C10H7ClN2O. The summed E-state index contributed by atoms with van der Waals surface area (Å²) < 4.78 is 0. The maximum atomic E-state index is 11.4. The Morgan fingerprint density at radius 3 is 2.50 bits per heavy atom. The Balaban J connectivity index is 2.46.